The molecule has 8 heteroatoms. The van der Waals surface area contributed by atoms with Gasteiger partial charge in [0.15, 0.2) is 0 Å². The summed E-state index contributed by atoms with van der Waals surface area (Å²) in [6.07, 6.45) is -4.57. The molecule has 0 radical (unpaired) electrons. The predicted octanol–water partition coefficient (Wildman–Crippen LogP) is 2.37. The van der Waals surface area contributed by atoms with Gasteiger partial charge in [-0.3, -0.25) is 0 Å². The van der Waals surface area contributed by atoms with Gasteiger partial charge in [0.2, 0.25) is 10.0 Å². The Hall–Kier alpha value is -1.28. The summed E-state index contributed by atoms with van der Waals surface area (Å²) in [6, 6.07) is 5.22. The van der Waals surface area contributed by atoms with Gasteiger partial charge >= 0.3 is 6.18 Å². The molecule has 1 rings (SSSR count). The van der Waals surface area contributed by atoms with E-state index in [1.165, 1.54) is 38.1 Å². The van der Waals surface area contributed by atoms with Crippen molar-refractivity contribution in [2.75, 3.05) is 12.3 Å². The third-order valence-electron chi connectivity index (χ3n) is 2.60. The van der Waals surface area contributed by atoms with E-state index in [1.807, 2.05) is 0 Å². The zero-order chi connectivity index (χ0) is 15.6. The fourth-order valence-corrected chi connectivity index (χ4v) is 3.45. The second-order valence-electron chi connectivity index (χ2n) is 4.75. The van der Waals surface area contributed by atoms with Crippen molar-refractivity contribution in [2.24, 2.45) is 0 Å². The smallest absolute Gasteiger partial charge is 0.399 e. The molecule has 0 fully saturated rings. The first kappa shape index (κ1) is 16.8. The lowest BCUT2D eigenvalue weighted by Crippen LogP contribution is -2.43. The zero-order valence-corrected chi connectivity index (χ0v) is 12.0. The number of alkyl halides is 3. The molecular weight excluding hydrogens is 293 g/mol. The van der Waals surface area contributed by atoms with Crippen LogP contribution in [0.25, 0.3) is 0 Å². The minimum atomic E-state index is -4.57. The SMILES string of the molecule is CC(C)N(CC(F)(F)F)S(=O)(=O)Cc1ccc(N)cc1. The van der Waals surface area contributed by atoms with Crippen LogP contribution in [-0.4, -0.2) is 31.5 Å². The third-order valence-corrected chi connectivity index (χ3v) is 4.56. The summed E-state index contributed by atoms with van der Waals surface area (Å²) in [6.45, 7) is 1.33. The Morgan fingerprint density at radius 1 is 1.20 bits per heavy atom. The van der Waals surface area contributed by atoms with E-state index in [-0.39, 0.29) is 0 Å². The van der Waals surface area contributed by atoms with Crippen molar-refractivity contribution in [3.05, 3.63) is 29.8 Å². The first-order valence-electron chi connectivity index (χ1n) is 5.92. The topological polar surface area (TPSA) is 63.4 Å². The fourth-order valence-electron chi connectivity index (χ4n) is 1.69. The van der Waals surface area contributed by atoms with Crippen LogP contribution in [0.4, 0.5) is 18.9 Å². The molecule has 0 spiro atoms. The van der Waals surface area contributed by atoms with E-state index in [4.69, 9.17) is 5.73 Å². The van der Waals surface area contributed by atoms with E-state index >= 15 is 0 Å². The van der Waals surface area contributed by atoms with Crippen LogP contribution in [0.15, 0.2) is 24.3 Å². The lowest BCUT2D eigenvalue weighted by Gasteiger charge is -2.26. The normalized spacial score (nSPS) is 13.2. The average Bonchev–Trinajstić information content (AvgIpc) is 2.27. The molecule has 0 bridgehead atoms. The van der Waals surface area contributed by atoms with Gasteiger partial charge in [-0.2, -0.15) is 17.5 Å². The zero-order valence-electron chi connectivity index (χ0n) is 11.2. The number of sulfonamides is 1. The van der Waals surface area contributed by atoms with E-state index in [9.17, 15) is 21.6 Å². The van der Waals surface area contributed by atoms with Gasteiger partial charge in [0.1, 0.15) is 6.54 Å². The standard InChI is InChI=1S/C12H17F3N2O2S/c1-9(2)17(8-12(13,14)15)20(18,19)7-10-3-5-11(16)6-4-10/h3-6,9H,7-8,16H2,1-2H3. The monoisotopic (exact) mass is 310 g/mol. The highest BCUT2D eigenvalue weighted by molar-refractivity contribution is 7.88. The number of anilines is 1. The number of nitrogens with two attached hydrogens (primary N) is 1. The first-order valence-corrected chi connectivity index (χ1v) is 7.53. The Labute approximate surface area is 116 Å². The molecule has 0 saturated heterocycles. The number of halogens is 3. The molecule has 114 valence electrons. The molecule has 0 saturated carbocycles. The van der Waals surface area contributed by atoms with Crippen LogP contribution < -0.4 is 5.73 Å². The van der Waals surface area contributed by atoms with Gasteiger partial charge in [0, 0.05) is 11.7 Å². The van der Waals surface area contributed by atoms with Crippen molar-refractivity contribution in [1.82, 2.24) is 4.31 Å². The molecular formula is C12H17F3N2O2S. The summed E-state index contributed by atoms with van der Waals surface area (Å²) in [4.78, 5) is 0. The van der Waals surface area contributed by atoms with Crippen LogP contribution in [0, 0.1) is 0 Å². The van der Waals surface area contributed by atoms with E-state index in [2.05, 4.69) is 0 Å². The lowest BCUT2D eigenvalue weighted by atomic mass is 10.2. The van der Waals surface area contributed by atoms with Gasteiger partial charge in [-0.25, -0.2) is 8.42 Å². The van der Waals surface area contributed by atoms with Crippen molar-refractivity contribution >= 4 is 15.7 Å². The summed E-state index contributed by atoms with van der Waals surface area (Å²) in [5, 5.41) is 0. The number of hydrogen-bond acceptors (Lipinski definition) is 3. The minimum Gasteiger partial charge on any atom is -0.399 e. The van der Waals surface area contributed by atoms with Crippen LogP contribution >= 0.6 is 0 Å². The molecule has 2 N–H and O–H groups in total. The number of benzene rings is 1. The van der Waals surface area contributed by atoms with Gasteiger partial charge in [-0.05, 0) is 31.5 Å². The molecule has 4 nitrogen and oxygen atoms in total. The number of nitrogens with zero attached hydrogens (tertiary/aromatic N) is 1. The molecule has 0 aliphatic heterocycles. The van der Waals surface area contributed by atoms with Crippen molar-refractivity contribution in [3.8, 4) is 0 Å². The Morgan fingerprint density at radius 2 is 1.70 bits per heavy atom. The second kappa shape index (κ2) is 6.01. The van der Waals surface area contributed by atoms with Crippen LogP contribution in [0.5, 0.6) is 0 Å². The Balaban J connectivity index is 2.96. The average molecular weight is 310 g/mol. The summed E-state index contributed by atoms with van der Waals surface area (Å²) in [5.74, 6) is -0.485. The summed E-state index contributed by atoms with van der Waals surface area (Å²) < 4.78 is 62.1. The molecule has 0 unspecified atom stereocenters. The molecule has 0 amide bonds. The largest absolute Gasteiger partial charge is 0.402 e. The van der Waals surface area contributed by atoms with E-state index in [0.717, 1.165) is 0 Å². The molecule has 0 aliphatic rings. The summed E-state index contributed by atoms with van der Waals surface area (Å²) in [5.41, 5.74) is 6.33. The fraction of sp³-hybridized carbons (Fsp3) is 0.500. The highest BCUT2D eigenvalue weighted by atomic mass is 32.2. The van der Waals surface area contributed by atoms with E-state index in [1.54, 1.807) is 0 Å². The Kier molecular flexibility index (Phi) is 5.04. The third kappa shape index (κ3) is 5.01. The first-order chi connectivity index (χ1) is 9.01. The van der Waals surface area contributed by atoms with Crippen LogP contribution in [0.3, 0.4) is 0 Å². The molecule has 20 heavy (non-hydrogen) atoms. The van der Waals surface area contributed by atoms with E-state index < -0.39 is 34.5 Å². The molecule has 1 aromatic carbocycles. The highest BCUT2D eigenvalue weighted by Gasteiger charge is 2.37. The summed E-state index contributed by atoms with van der Waals surface area (Å²) >= 11 is 0. The van der Waals surface area contributed by atoms with Crippen LogP contribution in [-0.2, 0) is 15.8 Å². The summed E-state index contributed by atoms with van der Waals surface area (Å²) in [7, 11) is -4.05. The quantitative estimate of drug-likeness (QED) is 0.849. The maximum atomic E-state index is 12.5. The Bertz CT molecular complexity index is 539. The van der Waals surface area contributed by atoms with Gasteiger partial charge < -0.3 is 5.73 Å². The number of nitrogen functional groups attached to an aromatic ring is 1. The van der Waals surface area contributed by atoms with Crippen LogP contribution in [0.2, 0.25) is 0 Å². The predicted molar refractivity (Wildman–Crippen MR) is 71.4 cm³/mol. The van der Waals surface area contributed by atoms with Crippen molar-refractivity contribution in [1.29, 1.82) is 0 Å². The maximum Gasteiger partial charge on any atom is 0.402 e. The molecule has 0 aliphatic carbocycles. The Morgan fingerprint density at radius 3 is 2.10 bits per heavy atom. The maximum absolute atomic E-state index is 12.5. The second-order valence-corrected chi connectivity index (χ2v) is 6.67. The highest BCUT2D eigenvalue weighted by Crippen LogP contribution is 2.22. The van der Waals surface area contributed by atoms with Gasteiger partial charge in [-0.1, -0.05) is 12.1 Å². The van der Waals surface area contributed by atoms with Crippen molar-refractivity contribution in [2.45, 2.75) is 31.8 Å². The van der Waals surface area contributed by atoms with Crippen LogP contribution in [0.1, 0.15) is 19.4 Å². The van der Waals surface area contributed by atoms with Gasteiger partial charge in [0.25, 0.3) is 0 Å². The lowest BCUT2D eigenvalue weighted by molar-refractivity contribution is -0.138. The number of hydrogen-bond donors (Lipinski definition) is 1. The van der Waals surface area contributed by atoms with Crippen molar-refractivity contribution < 1.29 is 21.6 Å². The molecule has 0 aromatic heterocycles. The number of rotatable bonds is 5. The van der Waals surface area contributed by atoms with E-state index in [0.29, 0.717) is 15.6 Å². The van der Waals surface area contributed by atoms with Gasteiger partial charge in [-0.15, -0.1) is 0 Å². The van der Waals surface area contributed by atoms with Gasteiger partial charge in [0.05, 0.1) is 5.75 Å². The molecule has 1 aromatic rings. The molecule has 0 heterocycles. The van der Waals surface area contributed by atoms with Crippen molar-refractivity contribution in [3.63, 3.8) is 0 Å². The minimum absolute atomic E-state index is 0.395. The molecule has 0 atom stereocenters.